The largest absolute Gasteiger partial charge is 0.491 e. The van der Waals surface area contributed by atoms with E-state index in [1.165, 1.54) is 5.69 Å². The molecule has 6 nitrogen and oxygen atoms in total. The Kier molecular flexibility index (Phi) is 7.10. The van der Waals surface area contributed by atoms with Crippen molar-refractivity contribution in [1.29, 1.82) is 0 Å². The minimum absolute atomic E-state index is 0.130. The predicted molar refractivity (Wildman–Crippen MR) is 124 cm³/mol. The van der Waals surface area contributed by atoms with Crippen LogP contribution >= 0.6 is 0 Å². The zero-order valence-corrected chi connectivity index (χ0v) is 18.6. The van der Waals surface area contributed by atoms with Crippen LogP contribution in [0.25, 0.3) is 0 Å². The Morgan fingerprint density at radius 2 is 2.00 bits per heavy atom. The van der Waals surface area contributed by atoms with Gasteiger partial charge in [0.1, 0.15) is 12.4 Å². The summed E-state index contributed by atoms with van der Waals surface area (Å²) in [6.45, 7) is 11.0. The highest BCUT2D eigenvalue weighted by Crippen LogP contribution is 2.25. The molecule has 0 aliphatic carbocycles. The Hall–Kier alpha value is -2.57. The van der Waals surface area contributed by atoms with Crippen molar-refractivity contribution in [3.63, 3.8) is 0 Å². The topological polar surface area (TPSA) is 54.0 Å². The van der Waals surface area contributed by atoms with Gasteiger partial charge in [-0.25, -0.2) is 0 Å². The number of piperazine rings is 1. The van der Waals surface area contributed by atoms with Crippen molar-refractivity contribution in [3.05, 3.63) is 53.6 Å². The molecule has 1 amide bonds. The Morgan fingerprint density at radius 1 is 1.16 bits per heavy atom. The summed E-state index contributed by atoms with van der Waals surface area (Å²) in [5.74, 6) is 0.566. The molecule has 2 aliphatic rings. The Bertz CT molecular complexity index is 887. The molecule has 2 fully saturated rings. The van der Waals surface area contributed by atoms with E-state index in [1.54, 1.807) is 6.07 Å². The summed E-state index contributed by atoms with van der Waals surface area (Å²) >= 11 is 0. The number of nitrogens with one attached hydrogen (secondary N) is 1. The Labute approximate surface area is 185 Å². The summed E-state index contributed by atoms with van der Waals surface area (Å²) in [7, 11) is 0. The second-order valence-corrected chi connectivity index (χ2v) is 8.35. The van der Waals surface area contributed by atoms with Crippen LogP contribution in [0, 0.1) is 6.92 Å². The molecule has 2 aliphatic heterocycles. The minimum atomic E-state index is -0.130. The lowest BCUT2D eigenvalue weighted by Crippen LogP contribution is -2.46. The fourth-order valence-electron chi connectivity index (χ4n) is 4.19. The van der Waals surface area contributed by atoms with Crippen molar-refractivity contribution in [2.45, 2.75) is 32.8 Å². The van der Waals surface area contributed by atoms with E-state index in [0.717, 1.165) is 63.4 Å². The van der Waals surface area contributed by atoms with Crippen LogP contribution in [0.2, 0.25) is 0 Å². The fraction of sp³-hybridized carbons (Fsp3) is 0.480. The second kappa shape index (κ2) is 10.2. The lowest BCUT2D eigenvalue weighted by molar-refractivity contribution is 0.0679. The summed E-state index contributed by atoms with van der Waals surface area (Å²) in [4.78, 5) is 17.7. The number of amides is 1. The molecule has 4 rings (SSSR count). The number of aryl methyl sites for hydroxylation is 1. The van der Waals surface area contributed by atoms with Gasteiger partial charge < -0.3 is 24.6 Å². The highest BCUT2D eigenvalue weighted by molar-refractivity contribution is 6.05. The molecule has 2 saturated heterocycles. The summed E-state index contributed by atoms with van der Waals surface area (Å²) in [6.07, 6.45) is 2.27. The summed E-state index contributed by atoms with van der Waals surface area (Å²) in [5, 5.41) is 3.05. The van der Waals surface area contributed by atoms with Crippen LogP contribution in [0.3, 0.4) is 0 Å². The van der Waals surface area contributed by atoms with Crippen molar-refractivity contribution in [2.75, 3.05) is 56.2 Å². The third-order valence-electron chi connectivity index (χ3n) is 6.20. The molecule has 166 valence electrons. The van der Waals surface area contributed by atoms with Crippen molar-refractivity contribution < 1.29 is 14.3 Å². The van der Waals surface area contributed by atoms with E-state index in [9.17, 15) is 4.79 Å². The molecule has 0 radical (unpaired) electrons. The standard InChI is InChI=1S/C25H33N3O3/c1-3-27-11-13-28(14-12-27)21-9-10-24(19(2)16-21)26-25(29)20-6-4-7-22(17-20)31-18-23-8-5-15-30-23/h4,6-7,9-10,16-17,23H,3,5,8,11-15,18H2,1-2H3,(H,26,29)/t23-/m1/s1. The smallest absolute Gasteiger partial charge is 0.255 e. The van der Waals surface area contributed by atoms with Crippen LogP contribution in [0.1, 0.15) is 35.7 Å². The zero-order chi connectivity index (χ0) is 21.6. The third-order valence-corrected chi connectivity index (χ3v) is 6.20. The first kappa shape index (κ1) is 21.7. The molecule has 1 atom stereocenters. The highest BCUT2D eigenvalue weighted by Gasteiger charge is 2.18. The molecule has 2 aromatic rings. The van der Waals surface area contributed by atoms with Gasteiger partial charge in [0.25, 0.3) is 5.91 Å². The molecule has 0 unspecified atom stereocenters. The number of carbonyl (C=O) groups excluding carboxylic acids is 1. The van der Waals surface area contributed by atoms with Crippen LogP contribution in [-0.2, 0) is 4.74 Å². The van der Waals surface area contributed by atoms with Crippen LogP contribution < -0.4 is 15.0 Å². The number of likely N-dealkylation sites (N-methyl/N-ethyl adjacent to an activating group) is 1. The molecular weight excluding hydrogens is 390 g/mol. The van der Waals surface area contributed by atoms with E-state index in [1.807, 2.05) is 31.2 Å². The van der Waals surface area contributed by atoms with Crippen molar-refractivity contribution in [3.8, 4) is 5.75 Å². The van der Waals surface area contributed by atoms with E-state index in [4.69, 9.17) is 9.47 Å². The SMILES string of the molecule is CCN1CCN(c2ccc(NC(=O)c3cccc(OC[C@H]4CCCO4)c3)c(C)c2)CC1. The first-order valence-electron chi connectivity index (χ1n) is 11.4. The summed E-state index contributed by atoms with van der Waals surface area (Å²) in [5.41, 5.74) is 3.71. The number of anilines is 2. The lowest BCUT2D eigenvalue weighted by atomic mass is 10.1. The van der Waals surface area contributed by atoms with Gasteiger partial charge in [-0.3, -0.25) is 4.79 Å². The van der Waals surface area contributed by atoms with E-state index >= 15 is 0 Å². The van der Waals surface area contributed by atoms with Crippen LogP contribution in [0.15, 0.2) is 42.5 Å². The number of rotatable bonds is 7. The maximum Gasteiger partial charge on any atom is 0.255 e. The van der Waals surface area contributed by atoms with Gasteiger partial charge >= 0.3 is 0 Å². The average Bonchev–Trinajstić information content (AvgIpc) is 3.33. The predicted octanol–water partition coefficient (Wildman–Crippen LogP) is 3.95. The number of hydrogen-bond acceptors (Lipinski definition) is 5. The molecule has 2 heterocycles. The van der Waals surface area contributed by atoms with E-state index in [2.05, 4.69) is 34.2 Å². The number of nitrogens with zero attached hydrogens (tertiary/aromatic N) is 2. The number of benzene rings is 2. The van der Waals surface area contributed by atoms with Gasteiger partial charge in [-0.1, -0.05) is 13.0 Å². The highest BCUT2D eigenvalue weighted by atomic mass is 16.5. The molecule has 6 heteroatoms. The molecule has 1 N–H and O–H groups in total. The van der Waals surface area contributed by atoms with E-state index in [-0.39, 0.29) is 12.0 Å². The van der Waals surface area contributed by atoms with Gasteiger partial charge in [-0.05, 0) is 68.3 Å². The van der Waals surface area contributed by atoms with Gasteiger partial charge in [-0.15, -0.1) is 0 Å². The molecule has 31 heavy (non-hydrogen) atoms. The first-order valence-corrected chi connectivity index (χ1v) is 11.4. The van der Waals surface area contributed by atoms with E-state index in [0.29, 0.717) is 17.9 Å². The number of carbonyl (C=O) groups is 1. The molecule has 0 saturated carbocycles. The summed E-state index contributed by atoms with van der Waals surface area (Å²) < 4.78 is 11.4. The van der Waals surface area contributed by atoms with Gasteiger partial charge in [0.2, 0.25) is 0 Å². The lowest BCUT2D eigenvalue weighted by Gasteiger charge is -2.35. The van der Waals surface area contributed by atoms with Crippen LogP contribution in [0.5, 0.6) is 5.75 Å². The van der Waals surface area contributed by atoms with Gasteiger partial charge in [-0.2, -0.15) is 0 Å². The maximum atomic E-state index is 12.8. The normalized spacial score (nSPS) is 19.4. The maximum absolute atomic E-state index is 12.8. The van der Waals surface area contributed by atoms with Gasteiger partial charge in [0.15, 0.2) is 0 Å². The number of ether oxygens (including phenoxy) is 2. The third kappa shape index (κ3) is 5.57. The fourth-order valence-corrected chi connectivity index (χ4v) is 4.19. The van der Waals surface area contributed by atoms with Crippen LogP contribution in [-0.4, -0.2) is 62.8 Å². The molecule has 0 spiro atoms. The van der Waals surface area contributed by atoms with Crippen molar-refractivity contribution >= 4 is 17.3 Å². The van der Waals surface area contributed by atoms with E-state index < -0.39 is 0 Å². The van der Waals surface area contributed by atoms with Crippen LogP contribution in [0.4, 0.5) is 11.4 Å². The van der Waals surface area contributed by atoms with Crippen molar-refractivity contribution in [1.82, 2.24) is 4.90 Å². The minimum Gasteiger partial charge on any atom is -0.491 e. The van der Waals surface area contributed by atoms with Gasteiger partial charge in [0, 0.05) is 49.7 Å². The summed E-state index contributed by atoms with van der Waals surface area (Å²) in [6, 6.07) is 13.6. The second-order valence-electron chi connectivity index (χ2n) is 8.35. The Morgan fingerprint density at radius 3 is 2.71 bits per heavy atom. The Balaban J connectivity index is 1.36. The molecule has 2 aromatic carbocycles. The van der Waals surface area contributed by atoms with Gasteiger partial charge in [0.05, 0.1) is 6.10 Å². The molecular formula is C25H33N3O3. The molecule has 0 aromatic heterocycles. The quantitative estimate of drug-likeness (QED) is 0.731. The number of hydrogen-bond donors (Lipinski definition) is 1. The molecule has 0 bridgehead atoms. The zero-order valence-electron chi connectivity index (χ0n) is 18.6. The first-order chi connectivity index (χ1) is 15.1. The van der Waals surface area contributed by atoms with Crippen molar-refractivity contribution in [2.24, 2.45) is 0 Å². The monoisotopic (exact) mass is 423 g/mol. The average molecular weight is 424 g/mol.